The molecule has 6 nitrogen and oxygen atoms in total. The molecule has 9 rings (SSSR count). The fourth-order valence-electron chi connectivity index (χ4n) is 5.29. The molecule has 7 aromatic rings. The Morgan fingerprint density at radius 3 is 1.42 bits per heavy atom. The summed E-state index contributed by atoms with van der Waals surface area (Å²) in [4.78, 5) is 9.65. The van der Waals surface area contributed by atoms with Crippen LogP contribution >= 0.6 is 23.2 Å². The van der Waals surface area contributed by atoms with Crippen LogP contribution in [0, 0.1) is 0 Å². The highest BCUT2D eigenvalue weighted by Gasteiger charge is 2.28. The number of rotatable bonds is 0. The highest BCUT2D eigenvalue weighted by molar-refractivity contribution is 6.35. The second kappa shape index (κ2) is 7.07. The topological polar surface area (TPSA) is 69.5 Å². The Bertz CT molecular complexity index is 2170. The van der Waals surface area contributed by atoms with Gasteiger partial charge in [-0.05, 0) is 24.3 Å². The molecular weight excluding hydrogens is 523 g/mol. The number of para-hydroxylation sites is 2. The van der Waals surface area contributed by atoms with Crippen LogP contribution in [0.2, 0.25) is 10.0 Å². The van der Waals surface area contributed by atoms with Gasteiger partial charge in [-0.25, -0.2) is 9.98 Å². The summed E-state index contributed by atoms with van der Waals surface area (Å²) < 4.78 is 24.6. The van der Waals surface area contributed by atoms with Crippen LogP contribution in [0.4, 0.5) is 11.4 Å². The number of halogens is 2. The first-order valence-corrected chi connectivity index (χ1v) is 12.6. The van der Waals surface area contributed by atoms with E-state index in [0.717, 1.165) is 32.7 Å². The van der Waals surface area contributed by atoms with Gasteiger partial charge in [-0.2, -0.15) is 0 Å². The second-order valence-corrected chi connectivity index (χ2v) is 10.00. The molecule has 0 spiro atoms. The molecule has 38 heavy (non-hydrogen) atoms. The monoisotopic (exact) mass is 534 g/mol. The van der Waals surface area contributed by atoms with E-state index in [0.29, 0.717) is 56.3 Å². The molecule has 0 saturated heterocycles. The van der Waals surface area contributed by atoms with Gasteiger partial charge in [0.25, 0.3) is 0 Å². The molecule has 8 heteroatoms. The third kappa shape index (κ3) is 2.63. The molecule has 0 fully saturated rings. The third-order valence-electron chi connectivity index (χ3n) is 7.05. The van der Waals surface area contributed by atoms with Crippen LogP contribution in [0.15, 0.2) is 91.6 Å². The maximum Gasteiger partial charge on any atom is 0.175 e. The molecule has 2 aliphatic rings. The SMILES string of the molecule is Clc1c2c(c(Cl)c3c1=Nc1cc4c(cc1O3)oc1ccccc14)=Nc1cc3c(cc1O2)oc1ccccc13. The van der Waals surface area contributed by atoms with Gasteiger partial charge >= 0.3 is 0 Å². The van der Waals surface area contributed by atoms with E-state index in [1.54, 1.807) is 0 Å². The van der Waals surface area contributed by atoms with Crippen molar-refractivity contribution in [3.8, 4) is 23.0 Å². The second-order valence-electron chi connectivity index (χ2n) is 9.24. The van der Waals surface area contributed by atoms with E-state index in [4.69, 9.17) is 51.5 Å². The van der Waals surface area contributed by atoms with Gasteiger partial charge in [-0.15, -0.1) is 0 Å². The predicted octanol–water partition coefficient (Wildman–Crippen LogP) is 8.91. The highest BCUT2D eigenvalue weighted by Crippen LogP contribution is 2.46. The van der Waals surface area contributed by atoms with Gasteiger partial charge < -0.3 is 18.3 Å². The minimum Gasteiger partial charge on any atom is -0.456 e. The van der Waals surface area contributed by atoms with Crippen molar-refractivity contribution >= 4 is 78.5 Å². The van der Waals surface area contributed by atoms with Crippen molar-refractivity contribution in [1.82, 2.24) is 0 Å². The third-order valence-corrected chi connectivity index (χ3v) is 7.75. The Hall–Kier alpha value is -4.52. The minimum absolute atomic E-state index is 0.265. The molecular formula is C30H12Cl2N2O4. The van der Waals surface area contributed by atoms with E-state index in [2.05, 4.69) is 0 Å². The lowest BCUT2D eigenvalue weighted by atomic mass is 10.1. The van der Waals surface area contributed by atoms with E-state index in [9.17, 15) is 0 Å². The summed E-state index contributed by atoms with van der Waals surface area (Å²) in [5.74, 6) is 1.68. The van der Waals surface area contributed by atoms with E-state index in [1.807, 2.05) is 72.8 Å². The first-order chi connectivity index (χ1) is 18.6. The Morgan fingerprint density at radius 1 is 0.500 bits per heavy atom. The number of hydrogen-bond acceptors (Lipinski definition) is 6. The molecule has 0 unspecified atom stereocenters. The normalized spacial score (nSPS) is 13.3. The fraction of sp³-hybridized carbons (Fsp3) is 0. The smallest absolute Gasteiger partial charge is 0.175 e. The fourth-order valence-corrected chi connectivity index (χ4v) is 5.80. The van der Waals surface area contributed by atoms with E-state index >= 15 is 0 Å². The summed E-state index contributed by atoms with van der Waals surface area (Å²) in [7, 11) is 0. The van der Waals surface area contributed by atoms with Crippen molar-refractivity contribution in [2.24, 2.45) is 9.98 Å². The first-order valence-electron chi connectivity index (χ1n) is 11.9. The molecule has 180 valence electrons. The first kappa shape index (κ1) is 20.5. The summed E-state index contributed by atoms with van der Waals surface area (Å²) in [6, 6.07) is 23.2. The van der Waals surface area contributed by atoms with Crippen LogP contribution < -0.4 is 20.2 Å². The van der Waals surface area contributed by atoms with Crippen molar-refractivity contribution < 1.29 is 18.3 Å². The number of nitrogens with zero attached hydrogens (tertiary/aromatic N) is 2. The van der Waals surface area contributed by atoms with Gasteiger partial charge in [0, 0.05) is 33.7 Å². The predicted molar refractivity (Wildman–Crippen MR) is 146 cm³/mol. The molecule has 2 aliphatic heterocycles. The summed E-state index contributed by atoms with van der Waals surface area (Å²) in [5.41, 5.74) is 4.21. The lowest BCUT2D eigenvalue weighted by molar-refractivity contribution is 0.451. The minimum atomic E-state index is 0.265. The van der Waals surface area contributed by atoms with Crippen LogP contribution in [-0.2, 0) is 0 Å². The molecule has 0 bridgehead atoms. The quantitative estimate of drug-likeness (QED) is 0.194. The van der Waals surface area contributed by atoms with Crippen LogP contribution in [0.25, 0.3) is 43.9 Å². The van der Waals surface area contributed by atoms with Crippen molar-refractivity contribution in [2.45, 2.75) is 0 Å². The summed E-state index contributed by atoms with van der Waals surface area (Å²) in [6.07, 6.45) is 0. The van der Waals surface area contributed by atoms with Crippen LogP contribution in [-0.4, -0.2) is 0 Å². The zero-order valence-corrected chi connectivity index (χ0v) is 20.7. The van der Waals surface area contributed by atoms with Gasteiger partial charge in [0.15, 0.2) is 23.0 Å². The number of ether oxygens (including phenoxy) is 2. The van der Waals surface area contributed by atoms with Gasteiger partial charge in [0.2, 0.25) is 0 Å². The number of furan rings is 2. The van der Waals surface area contributed by atoms with Gasteiger partial charge in [-0.3, -0.25) is 0 Å². The average molecular weight is 535 g/mol. The summed E-state index contributed by atoms with van der Waals surface area (Å²) >= 11 is 13.7. The van der Waals surface area contributed by atoms with Crippen molar-refractivity contribution in [3.63, 3.8) is 0 Å². The lowest BCUT2D eigenvalue weighted by Crippen LogP contribution is -2.22. The van der Waals surface area contributed by atoms with Gasteiger partial charge in [0.05, 0.1) is 0 Å². The highest BCUT2D eigenvalue weighted by atomic mass is 35.5. The van der Waals surface area contributed by atoms with E-state index in [-0.39, 0.29) is 10.0 Å². The molecule has 2 aromatic heterocycles. The Balaban J connectivity index is 1.28. The summed E-state index contributed by atoms with van der Waals surface area (Å²) in [6.45, 7) is 0. The molecule has 0 atom stereocenters. The van der Waals surface area contributed by atoms with E-state index < -0.39 is 0 Å². The summed E-state index contributed by atoms with van der Waals surface area (Å²) in [5, 5.41) is 5.17. The molecule has 0 radical (unpaired) electrons. The van der Waals surface area contributed by atoms with Crippen LogP contribution in [0.3, 0.4) is 0 Å². The number of fused-ring (bicyclic) bond motifs is 10. The number of hydrogen-bond donors (Lipinski definition) is 0. The maximum absolute atomic E-state index is 6.86. The Morgan fingerprint density at radius 2 is 0.947 bits per heavy atom. The zero-order valence-electron chi connectivity index (χ0n) is 19.2. The molecule has 0 N–H and O–H groups in total. The standard InChI is InChI=1S/C30H12Cl2N2O4/c31-25-27-29(37-23-11-21-15(9-17(23)33-27)13-5-1-3-7-19(13)35-21)26(32)28-30(25)38-24-12-22-16(10-18(24)34-28)14-6-2-4-8-20(14)36-22/h1-12H. The maximum atomic E-state index is 6.86. The van der Waals surface area contributed by atoms with Crippen molar-refractivity contribution in [3.05, 3.63) is 93.6 Å². The lowest BCUT2D eigenvalue weighted by Gasteiger charge is -2.20. The Labute approximate surface area is 222 Å². The largest absolute Gasteiger partial charge is 0.456 e. The average Bonchev–Trinajstić information content (AvgIpc) is 3.49. The molecule has 4 heterocycles. The van der Waals surface area contributed by atoms with E-state index in [1.165, 1.54) is 0 Å². The Kier molecular flexibility index (Phi) is 3.82. The number of benzene rings is 5. The molecule has 0 saturated carbocycles. The van der Waals surface area contributed by atoms with Gasteiger partial charge in [-0.1, -0.05) is 59.6 Å². The van der Waals surface area contributed by atoms with Crippen LogP contribution in [0.1, 0.15) is 0 Å². The van der Waals surface area contributed by atoms with Crippen molar-refractivity contribution in [1.29, 1.82) is 0 Å². The molecule has 0 amide bonds. The van der Waals surface area contributed by atoms with Crippen molar-refractivity contribution in [2.75, 3.05) is 0 Å². The van der Waals surface area contributed by atoms with Gasteiger partial charge in [0.1, 0.15) is 54.5 Å². The molecule has 5 aromatic carbocycles. The van der Waals surface area contributed by atoms with Crippen LogP contribution in [0.5, 0.6) is 23.0 Å². The molecule has 0 aliphatic carbocycles. The zero-order chi connectivity index (χ0) is 25.1.